The number of rotatable bonds is 2. The minimum Gasteiger partial charge on any atom is -0.390 e. The molecule has 1 heterocycles. The fourth-order valence-corrected chi connectivity index (χ4v) is 0.487. The molecule has 0 aliphatic rings. The Hall–Kier alpha value is -1.36. The van der Waals surface area contributed by atoms with E-state index in [-0.39, 0.29) is 6.01 Å². The fourth-order valence-electron chi connectivity index (χ4n) is 0.487. The SMILES string of the molecule is CC(O)C(=O)Oc1ncc[nH]1. The highest BCUT2D eigenvalue weighted by Gasteiger charge is 2.11. The Balaban J connectivity index is 2.50. The lowest BCUT2D eigenvalue weighted by atomic mass is 10.4. The van der Waals surface area contributed by atoms with Gasteiger partial charge in [0.2, 0.25) is 0 Å². The zero-order chi connectivity index (χ0) is 8.27. The van der Waals surface area contributed by atoms with Gasteiger partial charge in [-0.3, -0.25) is 0 Å². The fraction of sp³-hybridized carbons (Fsp3) is 0.333. The summed E-state index contributed by atoms with van der Waals surface area (Å²) in [5.74, 6) is -0.722. The number of carbonyl (C=O) groups is 1. The van der Waals surface area contributed by atoms with Crippen molar-refractivity contribution in [2.75, 3.05) is 0 Å². The molecular formula is C6H8N2O3. The van der Waals surface area contributed by atoms with E-state index in [2.05, 4.69) is 14.7 Å². The molecule has 0 amide bonds. The van der Waals surface area contributed by atoms with Gasteiger partial charge in [0.05, 0.1) is 0 Å². The van der Waals surface area contributed by atoms with Gasteiger partial charge in [-0.25, -0.2) is 9.78 Å². The summed E-state index contributed by atoms with van der Waals surface area (Å²) in [7, 11) is 0. The first-order chi connectivity index (χ1) is 5.20. The van der Waals surface area contributed by atoms with Crippen LogP contribution in [0.15, 0.2) is 12.4 Å². The summed E-state index contributed by atoms with van der Waals surface area (Å²) >= 11 is 0. The lowest BCUT2D eigenvalue weighted by molar-refractivity contribution is -0.143. The van der Waals surface area contributed by atoms with E-state index in [1.54, 1.807) is 0 Å². The van der Waals surface area contributed by atoms with E-state index >= 15 is 0 Å². The molecule has 1 rings (SSSR count). The summed E-state index contributed by atoms with van der Waals surface area (Å²) < 4.78 is 4.56. The van der Waals surface area contributed by atoms with Gasteiger partial charge in [0.15, 0.2) is 0 Å². The molecule has 11 heavy (non-hydrogen) atoms. The largest absolute Gasteiger partial charge is 0.390 e. The number of imidazole rings is 1. The highest BCUT2D eigenvalue weighted by Crippen LogP contribution is 1.99. The van der Waals surface area contributed by atoms with Gasteiger partial charge in [-0.15, -0.1) is 0 Å². The van der Waals surface area contributed by atoms with Crippen LogP contribution in [0.5, 0.6) is 6.01 Å². The average molecular weight is 156 g/mol. The first-order valence-electron chi connectivity index (χ1n) is 3.09. The number of aromatic amines is 1. The molecule has 1 unspecified atom stereocenters. The number of esters is 1. The van der Waals surface area contributed by atoms with E-state index in [1.165, 1.54) is 19.3 Å². The third-order valence-corrected chi connectivity index (χ3v) is 1.01. The van der Waals surface area contributed by atoms with Crippen LogP contribution in [0.2, 0.25) is 0 Å². The van der Waals surface area contributed by atoms with E-state index in [1.807, 2.05) is 0 Å². The second-order valence-corrected chi connectivity index (χ2v) is 1.99. The normalized spacial score (nSPS) is 12.5. The predicted molar refractivity (Wildman–Crippen MR) is 35.9 cm³/mol. The third-order valence-electron chi connectivity index (χ3n) is 1.01. The van der Waals surface area contributed by atoms with E-state index < -0.39 is 12.1 Å². The number of nitrogens with one attached hydrogen (secondary N) is 1. The molecule has 5 heteroatoms. The van der Waals surface area contributed by atoms with Crippen molar-refractivity contribution >= 4 is 5.97 Å². The van der Waals surface area contributed by atoms with Gasteiger partial charge in [-0.2, -0.15) is 0 Å². The van der Waals surface area contributed by atoms with Crippen LogP contribution in [0.3, 0.4) is 0 Å². The molecule has 0 aromatic carbocycles. The van der Waals surface area contributed by atoms with Crippen molar-refractivity contribution < 1.29 is 14.6 Å². The van der Waals surface area contributed by atoms with Crippen LogP contribution in [0.1, 0.15) is 6.92 Å². The van der Waals surface area contributed by atoms with Crippen LogP contribution in [0, 0.1) is 0 Å². The number of aromatic nitrogens is 2. The Morgan fingerprint density at radius 2 is 2.64 bits per heavy atom. The minimum atomic E-state index is -1.12. The topological polar surface area (TPSA) is 75.2 Å². The third kappa shape index (κ3) is 2.05. The second-order valence-electron chi connectivity index (χ2n) is 1.99. The number of H-pyrrole nitrogens is 1. The maximum absolute atomic E-state index is 10.7. The Morgan fingerprint density at radius 3 is 3.09 bits per heavy atom. The van der Waals surface area contributed by atoms with E-state index in [4.69, 9.17) is 5.11 Å². The number of ether oxygens (including phenoxy) is 1. The van der Waals surface area contributed by atoms with Gasteiger partial charge < -0.3 is 14.8 Å². The highest BCUT2D eigenvalue weighted by atomic mass is 16.6. The molecule has 0 fully saturated rings. The molecule has 0 radical (unpaired) electrons. The molecule has 1 atom stereocenters. The minimum absolute atomic E-state index is 0.0934. The van der Waals surface area contributed by atoms with E-state index in [9.17, 15) is 4.79 Å². The van der Waals surface area contributed by atoms with Gasteiger partial charge in [0.1, 0.15) is 6.10 Å². The van der Waals surface area contributed by atoms with Crippen molar-refractivity contribution in [1.29, 1.82) is 0 Å². The standard InChI is InChI=1S/C6H8N2O3/c1-4(9)5(10)11-6-7-2-3-8-6/h2-4,9H,1H3,(H,7,8). The molecule has 0 saturated heterocycles. The van der Waals surface area contributed by atoms with Crippen LogP contribution >= 0.6 is 0 Å². The highest BCUT2D eigenvalue weighted by molar-refractivity contribution is 5.75. The zero-order valence-electron chi connectivity index (χ0n) is 5.94. The number of nitrogens with zero attached hydrogens (tertiary/aromatic N) is 1. The molecule has 0 spiro atoms. The summed E-state index contributed by atoms with van der Waals surface area (Å²) in [5.41, 5.74) is 0. The lowest BCUT2D eigenvalue weighted by Crippen LogP contribution is -2.22. The summed E-state index contributed by atoms with van der Waals surface area (Å²) in [4.78, 5) is 16.9. The molecule has 2 N–H and O–H groups in total. The van der Waals surface area contributed by atoms with Crippen molar-refractivity contribution in [2.24, 2.45) is 0 Å². The van der Waals surface area contributed by atoms with E-state index in [0.29, 0.717) is 0 Å². The average Bonchev–Trinajstić information content (AvgIpc) is 2.39. The number of hydrogen-bond donors (Lipinski definition) is 2. The summed E-state index contributed by atoms with van der Waals surface area (Å²) in [5, 5.41) is 8.70. The van der Waals surface area contributed by atoms with Crippen LogP contribution in [0.25, 0.3) is 0 Å². The summed E-state index contributed by atoms with van der Waals surface area (Å²) in [6, 6.07) is 0.0934. The Kier molecular flexibility index (Phi) is 2.22. The number of aliphatic hydroxyl groups excluding tert-OH is 1. The summed E-state index contributed by atoms with van der Waals surface area (Å²) in [6.45, 7) is 1.32. The first-order valence-corrected chi connectivity index (χ1v) is 3.09. The Morgan fingerprint density at radius 1 is 1.91 bits per heavy atom. The molecule has 0 bridgehead atoms. The van der Waals surface area contributed by atoms with Gasteiger partial charge >= 0.3 is 12.0 Å². The molecule has 1 aromatic rings. The maximum Gasteiger partial charge on any atom is 0.342 e. The second kappa shape index (κ2) is 3.16. The van der Waals surface area contributed by atoms with Gasteiger partial charge in [-0.05, 0) is 6.92 Å². The molecule has 0 aliphatic heterocycles. The molecule has 0 saturated carbocycles. The smallest absolute Gasteiger partial charge is 0.342 e. The first kappa shape index (κ1) is 7.74. The summed E-state index contributed by atoms with van der Waals surface area (Å²) in [6.07, 6.45) is 1.84. The van der Waals surface area contributed by atoms with Gasteiger partial charge in [0, 0.05) is 12.4 Å². The van der Waals surface area contributed by atoms with Crippen molar-refractivity contribution in [2.45, 2.75) is 13.0 Å². The van der Waals surface area contributed by atoms with Crippen molar-refractivity contribution in [3.8, 4) is 6.01 Å². The number of carbonyl (C=O) groups excluding carboxylic acids is 1. The lowest BCUT2D eigenvalue weighted by Gasteiger charge is -2.00. The van der Waals surface area contributed by atoms with Crippen LogP contribution in [0.4, 0.5) is 0 Å². The molecule has 5 nitrogen and oxygen atoms in total. The van der Waals surface area contributed by atoms with Crippen LogP contribution in [-0.2, 0) is 4.79 Å². The van der Waals surface area contributed by atoms with Crippen molar-refractivity contribution in [1.82, 2.24) is 9.97 Å². The van der Waals surface area contributed by atoms with Gasteiger partial charge in [0.25, 0.3) is 0 Å². The Labute approximate surface area is 63.0 Å². The predicted octanol–water partition coefficient (Wildman–Crippen LogP) is -0.304. The Bertz CT molecular complexity index is 230. The number of aliphatic hydroxyl groups is 1. The van der Waals surface area contributed by atoms with Crippen LogP contribution in [-0.4, -0.2) is 27.1 Å². The zero-order valence-corrected chi connectivity index (χ0v) is 5.94. The number of hydrogen-bond acceptors (Lipinski definition) is 4. The van der Waals surface area contributed by atoms with Crippen LogP contribution < -0.4 is 4.74 Å². The van der Waals surface area contributed by atoms with E-state index in [0.717, 1.165) is 0 Å². The van der Waals surface area contributed by atoms with Crippen molar-refractivity contribution in [3.63, 3.8) is 0 Å². The molecule has 0 aliphatic carbocycles. The molecular weight excluding hydrogens is 148 g/mol. The van der Waals surface area contributed by atoms with Crippen molar-refractivity contribution in [3.05, 3.63) is 12.4 Å². The monoisotopic (exact) mass is 156 g/mol. The maximum atomic E-state index is 10.7. The molecule has 1 aromatic heterocycles. The van der Waals surface area contributed by atoms with Gasteiger partial charge in [-0.1, -0.05) is 0 Å². The quantitative estimate of drug-likeness (QED) is 0.576. The molecule has 60 valence electrons.